The van der Waals surface area contributed by atoms with Crippen LogP contribution in [0.2, 0.25) is 0 Å². The Balaban J connectivity index is 2.11. The predicted molar refractivity (Wildman–Crippen MR) is 64.0 cm³/mol. The van der Waals surface area contributed by atoms with Crippen molar-refractivity contribution in [3.05, 3.63) is 29.6 Å². The molecule has 1 rings (SSSR count). The number of nitrogens with zero attached hydrogens (tertiary/aromatic N) is 1. The van der Waals surface area contributed by atoms with Crippen molar-refractivity contribution in [2.75, 3.05) is 13.6 Å². The fourth-order valence-corrected chi connectivity index (χ4v) is 1.33. The average molecular weight is 221 g/mol. The minimum atomic E-state index is 0.0961. The number of hydrogen-bond acceptors (Lipinski definition) is 3. The van der Waals surface area contributed by atoms with E-state index >= 15 is 0 Å². The number of hydrogen-bond donors (Lipinski definition) is 2. The third-order valence-electron chi connectivity index (χ3n) is 2.34. The maximum atomic E-state index is 10.9. The van der Waals surface area contributed by atoms with Gasteiger partial charge in [-0.3, -0.25) is 9.78 Å². The van der Waals surface area contributed by atoms with Crippen molar-refractivity contribution in [3.8, 4) is 0 Å². The number of aryl methyl sites for hydroxylation is 1. The van der Waals surface area contributed by atoms with Gasteiger partial charge in [0.05, 0.1) is 0 Å². The minimum absolute atomic E-state index is 0.0961. The van der Waals surface area contributed by atoms with Crippen molar-refractivity contribution in [1.82, 2.24) is 15.6 Å². The highest BCUT2D eigenvalue weighted by molar-refractivity contribution is 5.75. The zero-order valence-electron chi connectivity index (χ0n) is 9.92. The lowest BCUT2D eigenvalue weighted by atomic mass is 10.2. The van der Waals surface area contributed by atoms with E-state index in [4.69, 9.17) is 0 Å². The number of carbonyl (C=O) groups is 1. The molecule has 4 heteroatoms. The summed E-state index contributed by atoms with van der Waals surface area (Å²) in [7, 11) is 1.66. The first-order valence-electron chi connectivity index (χ1n) is 5.55. The highest BCUT2D eigenvalue weighted by Crippen LogP contribution is 1.98. The molecule has 2 N–H and O–H groups in total. The van der Waals surface area contributed by atoms with Gasteiger partial charge in [0.15, 0.2) is 0 Å². The topological polar surface area (TPSA) is 54.0 Å². The minimum Gasteiger partial charge on any atom is -0.359 e. The van der Waals surface area contributed by atoms with Gasteiger partial charge >= 0.3 is 0 Å². The normalized spacial score (nSPS) is 10.1. The molecule has 16 heavy (non-hydrogen) atoms. The van der Waals surface area contributed by atoms with Crippen molar-refractivity contribution in [2.45, 2.75) is 26.3 Å². The predicted octanol–water partition coefficient (Wildman–Crippen LogP) is 1.01. The molecule has 0 aliphatic heterocycles. The molecule has 0 aliphatic rings. The number of pyridine rings is 1. The molecule has 0 radical (unpaired) electrons. The Hall–Kier alpha value is -1.42. The molecule has 0 saturated carbocycles. The van der Waals surface area contributed by atoms with Crippen LogP contribution >= 0.6 is 0 Å². The summed E-state index contributed by atoms with van der Waals surface area (Å²) in [5.74, 6) is 0.0961. The Kier molecular flexibility index (Phi) is 5.50. The van der Waals surface area contributed by atoms with Crippen LogP contribution in [0.1, 0.15) is 24.1 Å². The molecule has 88 valence electrons. The summed E-state index contributed by atoms with van der Waals surface area (Å²) < 4.78 is 0. The van der Waals surface area contributed by atoms with E-state index in [1.807, 2.05) is 19.2 Å². The fraction of sp³-hybridized carbons (Fsp3) is 0.500. The first-order valence-corrected chi connectivity index (χ1v) is 5.55. The van der Waals surface area contributed by atoms with Crippen LogP contribution in [-0.4, -0.2) is 24.5 Å². The maximum absolute atomic E-state index is 10.9. The lowest BCUT2D eigenvalue weighted by molar-refractivity contribution is -0.120. The lowest BCUT2D eigenvalue weighted by Crippen LogP contribution is -2.20. The molecular formula is C12H19N3O. The fourth-order valence-electron chi connectivity index (χ4n) is 1.33. The van der Waals surface area contributed by atoms with Gasteiger partial charge in [-0.25, -0.2) is 0 Å². The van der Waals surface area contributed by atoms with E-state index in [-0.39, 0.29) is 5.91 Å². The van der Waals surface area contributed by atoms with Gasteiger partial charge in [0.2, 0.25) is 5.91 Å². The van der Waals surface area contributed by atoms with Crippen molar-refractivity contribution in [3.63, 3.8) is 0 Å². The summed E-state index contributed by atoms with van der Waals surface area (Å²) in [5, 5.41) is 5.88. The summed E-state index contributed by atoms with van der Waals surface area (Å²) in [6.07, 6.45) is 3.32. The Bertz CT molecular complexity index is 322. The summed E-state index contributed by atoms with van der Waals surface area (Å²) >= 11 is 0. The average Bonchev–Trinajstić information content (AvgIpc) is 2.31. The van der Waals surface area contributed by atoms with E-state index in [2.05, 4.69) is 21.7 Å². The molecule has 1 aromatic heterocycles. The van der Waals surface area contributed by atoms with Gasteiger partial charge in [0.25, 0.3) is 0 Å². The maximum Gasteiger partial charge on any atom is 0.219 e. The zero-order chi connectivity index (χ0) is 11.8. The lowest BCUT2D eigenvalue weighted by Gasteiger charge is -2.04. The second-order valence-corrected chi connectivity index (χ2v) is 3.76. The van der Waals surface area contributed by atoms with Gasteiger partial charge in [-0.15, -0.1) is 0 Å². The second kappa shape index (κ2) is 6.95. The molecule has 0 aromatic carbocycles. The summed E-state index contributed by atoms with van der Waals surface area (Å²) in [4.78, 5) is 15.1. The van der Waals surface area contributed by atoms with Gasteiger partial charge in [0, 0.05) is 31.9 Å². The molecule has 0 saturated heterocycles. The van der Waals surface area contributed by atoms with E-state index in [1.165, 1.54) is 5.56 Å². The van der Waals surface area contributed by atoms with E-state index in [0.29, 0.717) is 6.42 Å². The van der Waals surface area contributed by atoms with Crippen molar-refractivity contribution in [2.24, 2.45) is 0 Å². The first-order chi connectivity index (χ1) is 7.72. The third kappa shape index (κ3) is 4.89. The van der Waals surface area contributed by atoms with Crippen LogP contribution in [-0.2, 0) is 11.3 Å². The number of aromatic nitrogens is 1. The smallest absolute Gasteiger partial charge is 0.219 e. The van der Waals surface area contributed by atoms with E-state index in [1.54, 1.807) is 7.05 Å². The van der Waals surface area contributed by atoms with Crippen LogP contribution in [0.4, 0.5) is 0 Å². The molecule has 0 unspecified atom stereocenters. The van der Waals surface area contributed by atoms with Crippen molar-refractivity contribution >= 4 is 5.91 Å². The largest absolute Gasteiger partial charge is 0.359 e. The molecule has 0 spiro atoms. The molecule has 0 bridgehead atoms. The molecule has 1 heterocycles. The quantitative estimate of drug-likeness (QED) is 0.705. The Labute approximate surface area is 96.5 Å². The molecule has 0 atom stereocenters. The van der Waals surface area contributed by atoms with Crippen LogP contribution in [0.3, 0.4) is 0 Å². The Morgan fingerprint density at radius 3 is 2.88 bits per heavy atom. The number of rotatable bonds is 6. The standard InChI is InChI=1S/C12H19N3O/c1-10-5-6-11(9-15-10)8-14-7-3-4-12(16)13-2/h5-6,9,14H,3-4,7-8H2,1-2H3,(H,13,16). The first kappa shape index (κ1) is 12.6. The van der Waals surface area contributed by atoms with E-state index < -0.39 is 0 Å². The number of amides is 1. The molecule has 0 fully saturated rings. The van der Waals surface area contributed by atoms with Crippen LogP contribution in [0, 0.1) is 6.92 Å². The third-order valence-corrected chi connectivity index (χ3v) is 2.34. The number of nitrogens with one attached hydrogen (secondary N) is 2. The van der Waals surface area contributed by atoms with Gasteiger partial charge in [-0.2, -0.15) is 0 Å². The van der Waals surface area contributed by atoms with Gasteiger partial charge in [-0.05, 0) is 31.5 Å². The van der Waals surface area contributed by atoms with Gasteiger partial charge in [0.1, 0.15) is 0 Å². The zero-order valence-corrected chi connectivity index (χ0v) is 9.92. The Morgan fingerprint density at radius 1 is 1.44 bits per heavy atom. The highest BCUT2D eigenvalue weighted by atomic mass is 16.1. The monoisotopic (exact) mass is 221 g/mol. The van der Waals surface area contributed by atoms with Gasteiger partial charge in [-0.1, -0.05) is 6.07 Å². The molecule has 1 amide bonds. The summed E-state index contributed by atoms with van der Waals surface area (Å²) in [6, 6.07) is 4.07. The Morgan fingerprint density at radius 2 is 2.25 bits per heavy atom. The molecular weight excluding hydrogens is 202 g/mol. The second-order valence-electron chi connectivity index (χ2n) is 3.76. The van der Waals surface area contributed by atoms with Crippen molar-refractivity contribution in [1.29, 1.82) is 0 Å². The molecule has 1 aromatic rings. The summed E-state index contributed by atoms with van der Waals surface area (Å²) in [5.41, 5.74) is 2.20. The van der Waals surface area contributed by atoms with Gasteiger partial charge < -0.3 is 10.6 Å². The van der Waals surface area contributed by atoms with Crippen LogP contribution in [0.5, 0.6) is 0 Å². The summed E-state index contributed by atoms with van der Waals surface area (Å²) in [6.45, 7) is 3.63. The van der Waals surface area contributed by atoms with E-state index in [9.17, 15) is 4.79 Å². The van der Waals surface area contributed by atoms with Crippen LogP contribution < -0.4 is 10.6 Å². The van der Waals surface area contributed by atoms with Crippen LogP contribution in [0.25, 0.3) is 0 Å². The van der Waals surface area contributed by atoms with E-state index in [0.717, 1.165) is 25.2 Å². The SMILES string of the molecule is CNC(=O)CCCNCc1ccc(C)nc1. The van der Waals surface area contributed by atoms with Crippen molar-refractivity contribution < 1.29 is 4.79 Å². The van der Waals surface area contributed by atoms with Crippen LogP contribution in [0.15, 0.2) is 18.3 Å². The molecule has 4 nitrogen and oxygen atoms in total. The number of carbonyl (C=O) groups excluding carboxylic acids is 1. The molecule has 0 aliphatic carbocycles. The highest BCUT2D eigenvalue weighted by Gasteiger charge is 1.97.